The molecule has 290 valence electrons. The molecule has 0 spiro atoms. The molecule has 0 aromatic heterocycles. The molecule has 18 heteroatoms. The normalized spacial score (nSPS) is 13.8. The summed E-state index contributed by atoms with van der Waals surface area (Å²) in [5.41, 5.74) is 22.1. The Balaban J connectivity index is 3.30. The zero-order chi connectivity index (χ0) is 39.4. The van der Waals surface area contributed by atoms with E-state index >= 15 is 0 Å². The highest BCUT2D eigenvalue weighted by molar-refractivity contribution is 5.97. The van der Waals surface area contributed by atoms with Crippen LogP contribution in [0.15, 0.2) is 35.3 Å². The highest BCUT2D eigenvalue weighted by atomic mass is 16.2. The summed E-state index contributed by atoms with van der Waals surface area (Å²) < 4.78 is 0. The van der Waals surface area contributed by atoms with Gasteiger partial charge in [0.1, 0.15) is 30.2 Å². The van der Waals surface area contributed by atoms with Crippen molar-refractivity contribution >= 4 is 47.3 Å². The van der Waals surface area contributed by atoms with Gasteiger partial charge >= 0.3 is 0 Å². The van der Waals surface area contributed by atoms with Gasteiger partial charge in [0.15, 0.2) is 5.96 Å². The molecule has 0 radical (unpaired) electrons. The zero-order valence-electron chi connectivity index (χ0n) is 30.7. The molecule has 0 bridgehead atoms. The number of guanidine groups is 1. The standard InChI is InChI=1S/C34H57N11O7/c1-19(2)14-24(31(50)42-22(12-9-13-40-34(37)38)30(49)43-23(29(36)48)17-27(35)46)44-32(51)25(15-20(3)4)45-33(52)26(41-28(47)18-39-5)16-21-10-7-6-8-11-21/h6-8,10-11,19-20,22-26,39H,9,12-18H2,1-5H3,(H2,35,46)(H2,36,48)(H,41,47)(H,42,50)(H,43,49)(H,44,51)(H,45,52)(H4,37,38,40)/t22-,23-,24-,25-,26-/m0/s1. The smallest absolute Gasteiger partial charge is 0.243 e. The molecule has 1 aromatic carbocycles. The maximum absolute atomic E-state index is 13.8. The van der Waals surface area contributed by atoms with Crippen LogP contribution in [-0.2, 0) is 40.0 Å². The summed E-state index contributed by atoms with van der Waals surface area (Å²) in [5, 5.41) is 15.9. The number of hydrogen-bond acceptors (Lipinski definition) is 9. The number of carbonyl (C=O) groups is 7. The highest BCUT2D eigenvalue weighted by Gasteiger charge is 2.33. The fraction of sp³-hybridized carbons (Fsp3) is 0.588. The van der Waals surface area contributed by atoms with Crippen molar-refractivity contribution in [3.05, 3.63) is 35.9 Å². The van der Waals surface area contributed by atoms with Gasteiger partial charge in [-0.25, -0.2) is 0 Å². The lowest BCUT2D eigenvalue weighted by Crippen LogP contribution is -2.59. The van der Waals surface area contributed by atoms with Crippen LogP contribution in [0.4, 0.5) is 0 Å². The Kier molecular flexibility index (Phi) is 20.0. The van der Waals surface area contributed by atoms with Gasteiger partial charge in [0.25, 0.3) is 0 Å². The predicted octanol–water partition coefficient (Wildman–Crippen LogP) is -2.62. The van der Waals surface area contributed by atoms with Crippen LogP contribution < -0.4 is 54.8 Å². The highest BCUT2D eigenvalue weighted by Crippen LogP contribution is 2.12. The molecule has 0 saturated carbocycles. The van der Waals surface area contributed by atoms with Crippen molar-refractivity contribution in [1.29, 1.82) is 0 Å². The zero-order valence-corrected chi connectivity index (χ0v) is 30.7. The van der Waals surface area contributed by atoms with Gasteiger partial charge in [-0.1, -0.05) is 58.0 Å². The van der Waals surface area contributed by atoms with Gasteiger partial charge in [0, 0.05) is 13.0 Å². The molecule has 1 rings (SSSR count). The molecule has 0 saturated heterocycles. The molecule has 0 aliphatic rings. The minimum atomic E-state index is -1.43. The van der Waals surface area contributed by atoms with Gasteiger partial charge in [0.05, 0.1) is 13.0 Å². The molecular weight excluding hydrogens is 674 g/mol. The van der Waals surface area contributed by atoms with E-state index in [4.69, 9.17) is 22.9 Å². The fourth-order valence-corrected chi connectivity index (χ4v) is 5.16. The van der Waals surface area contributed by atoms with Crippen LogP contribution in [0.5, 0.6) is 0 Å². The third-order valence-electron chi connectivity index (χ3n) is 7.60. The summed E-state index contributed by atoms with van der Waals surface area (Å²) in [7, 11) is 1.60. The number of aliphatic imine (C=N–C) groups is 1. The summed E-state index contributed by atoms with van der Waals surface area (Å²) in [4.78, 5) is 94.2. The number of primary amides is 2. The Morgan fingerprint density at radius 1 is 0.654 bits per heavy atom. The Morgan fingerprint density at radius 2 is 1.13 bits per heavy atom. The minimum Gasteiger partial charge on any atom is -0.370 e. The van der Waals surface area contributed by atoms with Crippen LogP contribution in [0.3, 0.4) is 0 Å². The van der Waals surface area contributed by atoms with Crippen molar-refractivity contribution in [3.8, 4) is 0 Å². The maximum atomic E-state index is 13.8. The maximum Gasteiger partial charge on any atom is 0.243 e. The molecule has 52 heavy (non-hydrogen) atoms. The Morgan fingerprint density at radius 3 is 1.60 bits per heavy atom. The fourth-order valence-electron chi connectivity index (χ4n) is 5.16. The van der Waals surface area contributed by atoms with Crippen LogP contribution in [0.25, 0.3) is 0 Å². The first-order valence-electron chi connectivity index (χ1n) is 17.3. The summed E-state index contributed by atoms with van der Waals surface area (Å²) >= 11 is 0. The van der Waals surface area contributed by atoms with Gasteiger partial charge in [0.2, 0.25) is 41.4 Å². The second-order valence-corrected chi connectivity index (χ2v) is 13.4. The quantitative estimate of drug-likeness (QED) is 0.0300. The number of hydrogen-bond donors (Lipinski definition) is 10. The number of carbonyl (C=O) groups excluding carboxylic acids is 7. The van der Waals surface area contributed by atoms with E-state index in [1.54, 1.807) is 7.05 Å². The second kappa shape index (κ2) is 23.3. The molecule has 0 aliphatic heterocycles. The molecule has 18 nitrogen and oxygen atoms in total. The SMILES string of the molecule is CNCC(=O)N[C@@H](Cc1ccccc1)C(=O)N[C@@H](CC(C)C)C(=O)N[C@@H](CC(C)C)C(=O)N[C@@H](CCCN=C(N)N)C(=O)N[C@@H](CC(N)=O)C(N)=O. The number of nitrogens with two attached hydrogens (primary N) is 4. The number of rotatable bonds is 24. The third-order valence-corrected chi connectivity index (χ3v) is 7.60. The van der Waals surface area contributed by atoms with Crippen molar-refractivity contribution in [2.75, 3.05) is 20.1 Å². The third kappa shape index (κ3) is 18.1. The van der Waals surface area contributed by atoms with E-state index in [1.807, 2.05) is 58.0 Å². The van der Waals surface area contributed by atoms with E-state index in [0.717, 1.165) is 5.56 Å². The molecule has 1 aromatic rings. The molecule has 0 fully saturated rings. The topological polar surface area (TPSA) is 308 Å². The summed E-state index contributed by atoms with van der Waals surface area (Å²) in [5.74, 6) is -5.41. The molecule has 0 aliphatic carbocycles. The number of nitrogens with one attached hydrogen (secondary N) is 6. The average Bonchev–Trinajstić information content (AvgIpc) is 3.04. The van der Waals surface area contributed by atoms with Crippen molar-refractivity contribution in [3.63, 3.8) is 0 Å². The van der Waals surface area contributed by atoms with Gasteiger partial charge in [-0.05, 0) is 50.1 Å². The minimum absolute atomic E-state index is 0.00680. The lowest BCUT2D eigenvalue weighted by atomic mass is 9.98. The molecule has 5 atom stereocenters. The number of benzene rings is 1. The lowest BCUT2D eigenvalue weighted by Gasteiger charge is -2.28. The van der Waals surface area contributed by atoms with Crippen LogP contribution in [0, 0.1) is 11.8 Å². The number of likely N-dealkylation sites (N-methyl/N-ethyl adjacent to an activating group) is 1. The van der Waals surface area contributed by atoms with Crippen LogP contribution >= 0.6 is 0 Å². The number of amides is 7. The van der Waals surface area contributed by atoms with Gasteiger partial charge in [-0.2, -0.15) is 0 Å². The monoisotopic (exact) mass is 731 g/mol. The van der Waals surface area contributed by atoms with Gasteiger partial charge in [-0.15, -0.1) is 0 Å². The van der Waals surface area contributed by atoms with E-state index in [-0.39, 0.29) is 63.0 Å². The molecule has 0 heterocycles. The summed E-state index contributed by atoms with van der Waals surface area (Å²) in [6.07, 6.45) is 0.207. The van der Waals surface area contributed by atoms with Crippen molar-refractivity contribution in [2.24, 2.45) is 39.8 Å². The summed E-state index contributed by atoms with van der Waals surface area (Å²) in [6, 6.07) is 3.16. The van der Waals surface area contributed by atoms with Gasteiger partial charge in [-0.3, -0.25) is 38.6 Å². The first-order valence-corrected chi connectivity index (χ1v) is 17.3. The van der Waals surface area contributed by atoms with E-state index in [9.17, 15) is 33.6 Å². The van der Waals surface area contributed by atoms with E-state index < -0.39 is 78.0 Å². The molecular formula is C34H57N11O7. The Bertz CT molecular complexity index is 1380. The predicted molar refractivity (Wildman–Crippen MR) is 196 cm³/mol. The molecule has 0 unspecified atom stereocenters. The van der Waals surface area contributed by atoms with Crippen molar-refractivity contribution in [2.45, 2.75) is 96.4 Å². The van der Waals surface area contributed by atoms with Crippen molar-refractivity contribution in [1.82, 2.24) is 31.9 Å². The molecule has 7 amide bonds. The molecule has 14 N–H and O–H groups in total. The van der Waals surface area contributed by atoms with Crippen LogP contribution in [0.1, 0.15) is 65.4 Å². The lowest BCUT2D eigenvalue weighted by molar-refractivity contribution is -0.135. The average molecular weight is 732 g/mol. The first-order chi connectivity index (χ1) is 24.4. The summed E-state index contributed by atoms with van der Waals surface area (Å²) in [6.45, 7) is 7.49. The first kappa shape index (κ1) is 44.8. The largest absolute Gasteiger partial charge is 0.370 e. The van der Waals surface area contributed by atoms with E-state index in [0.29, 0.717) is 0 Å². The van der Waals surface area contributed by atoms with E-state index in [2.05, 4.69) is 36.9 Å². The van der Waals surface area contributed by atoms with Crippen molar-refractivity contribution < 1.29 is 33.6 Å². The Hall–Kier alpha value is -5.26. The van der Waals surface area contributed by atoms with Crippen LogP contribution in [-0.4, -0.2) is 97.7 Å². The number of nitrogens with zero attached hydrogens (tertiary/aromatic N) is 1. The second-order valence-electron chi connectivity index (χ2n) is 13.4. The van der Waals surface area contributed by atoms with Crippen LogP contribution in [0.2, 0.25) is 0 Å². The van der Waals surface area contributed by atoms with Gasteiger partial charge < -0.3 is 54.8 Å². The van der Waals surface area contributed by atoms with E-state index in [1.165, 1.54) is 0 Å². The Labute approximate surface area is 304 Å².